The number of benzene rings is 3. The van der Waals surface area contributed by atoms with Crippen LogP contribution in [0.4, 0.5) is 11.4 Å². The van der Waals surface area contributed by atoms with Crippen molar-refractivity contribution >= 4 is 23.3 Å². The average Bonchev–Trinajstić information content (AvgIpc) is 2.85. The van der Waals surface area contributed by atoms with E-state index in [1.54, 1.807) is 18.2 Å². The molecule has 8 heteroatoms. The van der Waals surface area contributed by atoms with Crippen molar-refractivity contribution in [3.8, 4) is 11.1 Å². The number of nitro groups is 1. The maximum Gasteiger partial charge on any atom is 0.335 e. The zero-order valence-electron chi connectivity index (χ0n) is 20.6. The fraction of sp³-hybridized carbons (Fsp3) is 0.286. The Kier molecular flexibility index (Phi) is 8.42. The average molecular weight is 491 g/mol. The van der Waals surface area contributed by atoms with Gasteiger partial charge in [-0.05, 0) is 86.6 Å². The van der Waals surface area contributed by atoms with Crippen molar-refractivity contribution in [2.45, 2.75) is 46.1 Å². The minimum Gasteiger partial charge on any atom is -0.478 e. The van der Waals surface area contributed by atoms with Gasteiger partial charge in [-0.25, -0.2) is 9.59 Å². The minimum absolute atomic E-state index is 0.0555. The Morgan fingerprint density at radius 3 is 2.08 bits per heavy atom. The topological polar surface area (TPSA) is 121 Å². The Morgan fingerprint density at radius 1 is 0.889 bits per heavy atom. The third kappa shape index (κ3) is 6.07. The van der Waals surface area contributed by atoms with Gasteiger partial charge in [-0.2, -0.15) is 0 Å². The van der Waals surface area contributed by atoms with Gasteiger partial charge in [0.1, 0.15) is 5.69 Å². The molecular formula is C28H30N2O6. The maximum absolute atomic E-state index is 11.1. The van der Waals surface area contributed by atoms with E-state index in [9.17, 15) is 19.7 Å². The second-order valence-corrected chi connectivity index (χ2v) is 8.95. The minimum atomic E-state index is -1.15. The summed E-state index contributed by atoms with van der Waals surface area (Å²) in [6.07, 6.45) is 3.12. The number of aryl methyl sites for hydroxylation is 2. The van der Waals surface area contributed by atoms with Crippen LogP contribution in [0.5, 0.6) is 0 Å². The molecule has 1 atom stereocenters. The molecule has 0 bridgehead atoms. The second kappa shape index (κ2) is 11.5. The van der Waals surface area contributed by atoms with Gasteiger partial charge in [-0.15, -0.1) is 0 Å². The lowest BCUT2D eigenvalue weighted by Gasteiger charge is -2.35. The molecule has 188 valence electrons. The highest BCUT2D eigenvalue weighted by atomic mass is 16.6. The van der Waals surface area contributed by atoms with E-state index in [1.807, 2.05) is 36.9 Å². The van der Waals surface area contributed by atoms with Crippen molar-refractivity contribution in [2.24, 2.45) is 0 Å². The van der Waals surface area contributed by atoms with Crippen LogP contribution in [0.25, 0.3) is 11.1 Å². The fourth-order valence-electron chi connectivity index (χ4n) is 4.48. The number of carbonyl (C=O) groups is 2. The number of carboxylic acid groups (broad SMARTS) is 2. The van der Waals surface area contributed by atoms with Gasteiger partial charge in [0.2, 0.25) is 0 Å². The quantitative estimate of drug-likeness (QED) is 0.316. The summed E-state index contributed by atoms with van der Waals surface area (Å²) >= 11 is 0. The number of piperidine rings is 1. The van der Waals surface area contributed by atoms with E-state index < -0.39 is 16.9 Å². The third-order valence-corrected chi connectivity index (χ3v) is 6.44. The summed E-state index contributed by atoms with van der Waals surface area (Å²) in [6, 6.07) is 17.7. The van der Waals surface area contributed by atoms with Gasteiger partial charge in [0.05, 0.1) is 16.1 Å². The normalized spacial score (nSPS) is 15.0. The van der Waals surface area contributed by atoms with Crippen molar-refractivity contribution in [1.29, 1.82) is 0 Å². The van der Waals surface area contributed by atoms with Crippen molar-refractivity contribution in [3.05, 3.63) is 93.0 Å². The Labute approximate surface area is 210 Å². The van der Waals surface area contributed by atoms with Crippen LogP contribution in [0.15, 0.2) is 60.7 Å². The molecule has 36 heavy (non-hydrogen) atoms. The van der Waals surface area contributed by atoms with Gasteiger partial charge in [0, 0.05) is 18.7 Å². The summed E-state index contributed by atoms with van der Waals surface area (Å²) < 4.78 is 0. The first-order chi connectivity index (χ1) is 17.1. The van der Waals surface area contributed by atoms with Crippen molar-refractivity contribution < 1.29 is 24.7 Å². The summed E-state index contributed by atoms with van der Waals surface area (Å²) in [7, 11) is 0. The number of rotatable bonds is 5. The second-order valence-electron chi connectivity index (χ2n) is 8.95. The molecule has 8 nitrogen and oxygen atoms in total. The number of aromatic carboxylic acids is 2. The molecule has 0 saturated carbocycles. The number of carboxylic acids is 2. The molecule has 1 saturated heterocycles. The van der Waals surface area contributed by atoms with Crippen molar-refractivity contribution in [3.63, 3.8) is 0 Å². The highest BCUT2D eigenvalue weighted by molar-refractivity contribution is 5.90. The van der Waals surface area contributed by atoms with Crippen molar-refractivity contribution in [1.82, 2.24) is 0 Å². The molecule has 2 N–H and O–H groups in total. The molecule has 3 aromatic carbocycles. The molecule has 1 aliphatic rings. The molecule has 1 unspecified atom stereocenters. The van der Waals surface area contributed by atoms with Crippen molar-refractivity contribution in [2.75, 3.05) is 11.4 Å². The molecule has 0 spiro atoms. The summed E-state index contributed by atoms with van der Waals surface area (Å²) in [6.45, 7) is 6.80. The van der Waals surface area contributed by atoms with E-state index in [0.717, 1.165) is 48.6 Å². The molecule has 0 aliphatic carbocycles. The van der Waals surface area contributed by atoms with Crippen LogP contribution in [-0.4, -0.2) is 39.7 Å². The Morgan fingerprint density at radius 2 is 1.50 bits per heavy atom. The number of hydrogen-bond donors (Lipinski definition) is 2. The SMILES string of the molecule is CC1CCCCN1c1ccc(C(=O)O)cc1[N+](=O)[O-].Cc1ccccc1-c1ccc(C(=O)O)cc1C. The van der Waals surface area contributed by atoms with Crippen LogP contribution in [0, 0.1) is 24.0 Å². The molecule has 1 fully saturated rings. The monoisotopic (exact) mass is 490 g/mol. The molecular weight excluding hydrogens is 460 g/mol. The Hall–Kier alpha value is -4.20. The standard InChI is InChI=1S/C15H14O2.C13H16N2O4/c1-10-5-3-4-6-13(10)14-8-7-12(15(16)17)9-11(14)2;1-9-4-2-3-7-14(9)11-6-5-10(13(16)17)8-12(11)15(18)19/h3-9H,1-2H3,(H,16,17);5-6,8-9H,2-4,7H2,1H3,(H,16,17). The third-order valence-electron chi connectivity index (χ3n) is 6.44. The van der Waals surface area contributed by atoms with Crippen LogP contribution in [0.3, 0.4) is 0 Å². The lowest BCUT2D eigenvalue weighted by atomic mass is 9.95. The number of nitrogens with zero attached hydrogens (tertiary/aromatic N) is 2. The lowest BCUT2D eigenvalue weighted by Crippen LogP contribution is -2.37. The van der Waals surface area contributed by atoms with E-state index in [4.69, 9.17) is 10.2 Å². The first kappa shape index (κ1) is 26.4. The first-order valence-corrected chi connectivity index (χ1v) is 11.8. The van der Waals surface area contributed by atoms with Gasteiger partial charge in [-0.3, -0.25) is 10.1 Å². The summed E-state index contributed by atoms with van der Waals surface area (Å²) in [5, 5.41) is 29.0. The highest BCUT2D eigenvalue weighted by Crippen LogP contribution is 2.33. The summed E-state index contributed by atoms with van der Waals surface area (Å²) in [5.74, 6) is -2.04. The molecule has 0 radical (unpaired) electrons. The van der Waals surface area contributed by atoms with Gasteiger partial charge >= 0.3 is 11.9 Å². The van der Waals surface area contributed by atoms with Crippen LogP contribution < -0.4 is 4.90 Å². The zero-order chi connectivity index (χ0) is 26.4. The van der Waals surface area contributed by atoms with Gasteiger partial charge < -0.3 is 15.1 Å². The van der Waals surface area contributed by atoms with Gasteiger partial charge in [-0.1, -0.05) is 30.3 Å². The molecule has 4 rings (SSSR count). The van der Waals surface area contributed by atoms with Crippen LogP contribution in [-0.2, 0) is 0 Å². The smallest absolute Gasteiger partial charge is 0.335 e. The lowest BCUT2D eigenvalue weighted by molar-refractivity contribution is -0.384. The predicted octanol–water partition coefficient (Wildman–Crippen LogP) is 6.34. The number of hydrogen-bond acceptors (Lipinski definition) is 5. The van der Waals surface area contributed by atoms with E-state index in [2.05, 4.69) is 19.1 Å². The molecule has 1 heterocycles. The van der Waals surface area contributed by atoms with E-state index in [-0.39, 0.29) is 17.3 Å². The van der Waals surface area contributed by atoms with Crippen LogP contribution >= 0.6 is 0 Å². The van der Waals surface area contributed by atoms with Crippen LogP contribution in [0.2, 0.25) is 0 Å². The number of anilines is 1. The molecule has 0 amide bonds. The highest BCUT2D eigenvalue weighted by Gasteiger charge is 2.26. The Balaban J connectivity index is 0.000000202. The molecule has 1 aliphatic heterocycles. The fourth-order valence-corrected chi connectivity index (χ4v) is 4.48. The predicted molar refractivity (Wildman–Crippen MR) is 139 cm³/mol. The van der Waals surface area contributed by atoms with E-state index in [1.165, 1.54) is 11.6 Å². The maximum atomic E-state index is 11.1. The van der Waals surface area contributed by atoms with E-state index in [0.29, 0.717) is 11.3 Å². The largest absolute Gasteiger partial charge is 0.478 e. The van der Waals surface area contributed by atoms with Gasteiger partial charge in [0.25, 0.3) is 5.69 Å². The number of nitro benzene ring substituents is 1. The summed E-state index contributed by atoms with van der Waals surface area (Å²) in [5.41, 5.74) is 5.09. The summed E-state index contributed by atoms with van der Waals surface area (Å²) in [4.78, 5) is 34.4. The van der Waals surface area contributed by atoms with Crippen LogP contribution in [0.1, 0.15) is 58.0 Å². The molecule has 3 aromatic rings. The molecule has 0 aromatic heterocycles. The zero-order valence-corrected chi connectivity index (χ0v) is 20.6. The first-order valence-electron chi connectivity index (χ1n) is 11.8. The van der Waals surface area contributed by atoms with Gasteiger partial charge in [0.15, 0.2) is 0 Å². The van der Waals surface area contributed by atoms with E-state index >= 15 is 0 Å². The Bertz CT molecular complexity index is 1290.